The summed E-state index contributed by atoms with van der Waals surface area (Å²) in [7, 11) is 0. The monoisotopic (exact) mass is 573 g/mol. The van der Waals surface area contributed by atoms with Crippen LogP contribution in [0.2, 0.25) is 0 Å². The zero-order valence-corrected chi connectivity index (χ0v) is 22.0. The Kier molecular flexibility index (Phi) is 7.26. The molecule has 0 spiro atoms. The van der Waals surface area contributed by atoms with Crippen LogP contribution in [0, 0.1) is 0 Å². The first-order chi connectivity index (χ1) is 18.3. The van der Waals surface area contributed by atoms with Crippen molar-refractivity contribution < 1.29 is 28.9 Å². The van der Waals surface area contributed by atoms with Gasteiger partial charge in [-0.3, -0.25) is 14.5 Å². The van der Waals surface area contributed by atoms with Gasteiger partial charge in [0.05, 0.1) is 5.69 Å². The number of thiazole rings is 2. The first-order valence-corrected chi connectivity index (χ1v) is 13.9. The number of carboxylic acids is 1. The Hall–Kier alpha value is -4.02. The molecule has 2 amide bonds. The molecule has 2 aliphatic rings. The molecular formula is C22H21N8O5S3+. The number of carbonyl (C=O) groups is 3. The van der Waals surface area contributed by atoms with Crippen molar-refractivity contribution in [3.63, 3.8) is 0 Å². The number of amides is 2. The lowest BCUT2D eigenvalue weighted by atomic mass is 10.0. The minimum atomic E-state index is -1.20. The molecule has 0 radical (unpaired) electrons. The van der Waals surface area contributed by atoms with Crippen molar-refractivity contribution in [2.45, 2.75) is 24.6 Å². The highest BCUT2D eigenvalue weighted by molar-refractivity contribution is 8.00. The van der Waals surface area contributed by atoms with E-state index in [1.165, 1.54) is 28.0 Å². The summed E-state index contributed by atoms with van der Waals surface area (Å²) in [5.74, 6) is -2.05. The molecule has 13 nitrogen and oxygen atoms in total. The Morgan fingerprint density at radius 1 is 1.18 bits per heavy atom. The van der Waals surface area contributed by atoms with Gasteiger partial charge >= 0.3 is 5.97 Å². The fourth-order valence-corrected chi connectivity index (χ4v) is 6.36. The Bertz CT molecular complexity index is 1450. The number of anilines is 2. The van der Waals surface area contributed by atoms with Crippen LogP contribution in [-0.2, 0) is 32.4 Å². The minimum Gasteiger partial charge on any atom is -0.477 e. The summed E-state index contributed by atoms with van der Waals surface area (Å²) in [6.45, 7) is 0.292. The van der Waals surface area contributed by atoms with Crippen LogP contribution in [0.4, 0.5) is 10.3 Å². The number of nitrogens with two attached hydrogens (primary N) is 2. The summed E-state index contributed by atoms with van der Waals surface area (Å²) >= 11 is 3.73. The predicted octanol–water partition coefficient (Wildman–Crippen LogP) is 0.411. The topological polar surface area (TPSA) is 190 Å². The number of nitrogens with one attached hydrogen (secondary N) is 1. The van der Waals surface area contributed by atoms with Gasteiger partial charge in [-0.15, -0.1) is 34.4 Å². The molecule has 196 valence electrons. The van der Waals surface area contributed by atoms with Crippen molar-refractivity contribution in [2.75, 3.05) is 17.2 Å². The van der Waals surface area contributed by atoms with E-state index in [4.69, 9.17) is 16.3 Å². The number of hydrogen-bond acceptors (Lipinski definition) is 12. The van der Waals surface area contributed by atoms with E-state index in [1.54, 1.807) is 10.8 Å². The number of carbonyl (C=O) groups excluding carboxylic acids is 2. The van der Waals surface area contributed by atoms with Crippen molar-refractivity contribution in [1.82, 2.24) is 20.2 Å². The molecule has 1 fully saturated rings. The standard InChI is InChI=1S/C22H20N8O5S3/c23-21-25-12(9-37-21)7-35-28-14(13-10-38-22(24)26-13)17(31)27-15-18(32)30-16(20(33)34)11(8-36-19(15)30)6-29-4-2-1-3-5-29/h1-5,9-10,15,19H,6-8H2,(H5-,23,24,25,26,27,31,33,34)/p+1/b28-14-/t15?,19-/m1/s1. The van der Waals surface area contributed by atoms with Crippen LogP contribution >= 0.6 is 34.4 Å². The van der Waals surface area contributed by atoms with E-state index in [-0.39, 0.29) is 28.8 Å². The van der Waals surface area contributed by atoms with Crippen LogP contribution in [0.3, 0.4) is 0 Å². The van der Waals surface area contributed by atoms with Crippen LogP contribution < -0.4 is 21.4 Å². The summed E-state index contributed by atoms with van der Waals surface area (Å²) in [4.78, 5) is 53.1. The average Bonchev–Trinajstić information content (AvgIpc) is 3.52. The van der Waals surface area contributed by atoms with E-state index in [2.05, 4.69) is 20.4 Å². The quantitative estimate of drug-likeness (QED) is 0.121. The fourth-order valence-electron chi connectivity index (χ4n) is 3.93. The number of aliphatic carboxylic acids is 1. The molecule has 3 aromatic heterocycles. The Morgan fingerprint density at radius 2 is 1.92 bits per heavy atom. The van der Waals surface area contributed by atoms with E-state index in [0.29, 0.717) is 28.7 Å². The molecule has 0 aromatic carbocycles. The molecule has 6 N–H and O–H groups in total. The smallest absolute Gasteiger partial charge is 0.352 e. The highest BCUT2D eigenvalue weighted by Crippen LogP contribution is 2.40. The molecule has 0 aliphatic carbocycles. The number of pyridine rings is 1. The first-order valence-electron chi connectivity index (χ1n) is 11.1. The Morgan fingerprint density at radius 3 is 2.58 bits per heavy atom. The molecule has 16 heteroatoms. The van der Waals surface area contributed by atoms with Crippen LogP contribution in [0.1, 0.15) is 11.4 Å². The van der Waals surface area contributed by atoms with E-state index in [1.807, 2.05) is 35.2 Å². The molecule has 0 bridgehead atoms. The highest BCUT2D eigenvalue weighted by Gasteiger charge is 2.54. The second kappa shape index (κ2) is 10.8. The maximum atomic E-state index is 13.2. The van der Waals surface area contributed by atoms with Gasteiger partial charge in [0.1, 0.15) is 22.8 Å². The summed E-state index contributed by atoms with van der Waals surface area (Å²) in [6, 6.07) is 4.59. The zero-order valence-electron chi connectivity index (χ0n) is 19.5. The summed E-state index contributed by atoms with van der Waals surface area (Å²) < 4.78 is 1.84. The number of hydrogen-bond donors (Lipinski definition) is 4. The lowest BCUT2D eigenvalue weighted by molar-refractivity contribution is -0.689. The van der Waals surface area contributed by atoms with Gasteiger partial charge in [-0.25, -0.2) is 19.3 Å². The van der Waals surface area contributed by atoms with E-state index < -0.39 is 29.2 Å². The van der Waals surface area contributed by atoms with E-state index in [0.717, 1.165) is 11.3 Å². The molecule has 0 saturated carbocycles. The third-order valence-corrected chi connectivity index (χ3v) is 8.34. The molecule has 2 atom stereocenters. The predicted molar refractivity (Wildman–Crippen MR) is 141 cm³/mol. The number of nitrogen functional groups attached to an aromatic ring is 2. The lowest BCUT2D eigenvalue weighted by Crippen LogP contribution is -2.71. The Labute approximate surface area is 227 Å². The number of fused-ring (bicyclic) bond motifs is 1. The SMILES string of the molecule is Nc1nc(CO/N=C(\C(=O)NC2C(=O)N3C(C(=O)O)=C(C[n+]4ccccc4)CS[C@H]23)c2csc(N)n2)cs1. The largest absolute Gasteiger partial charge is 0.477 e. The van der Waals surface area contributed by atoms with Crippen LogP contribution in [0.25, 0.3) is 0 Å². The van der Waals surface area contributed by atoms with Crippen molar-refractivity contribution >= 4 is 68.2 Å². The maximum absolute atomic E-state index is 13.2. The summed E-state index contributed by atoms with van der Waals surface area (Å²) in [6.07, 6.45) is 3.64. The third kappa shape index (κ3) is 5.18. The van der Waals surface area contributed by atoms with Gasteiger partial charge in [0, 0.05) is 34.2 Å². The van der Waals surface area contributed by atoms with Gasteiger partial charge < -0.3 is 26.7 Å². The first kappa shape index (κ1) is 25.6. The van der Waals surface area contributed by atoms with E-state index >= 15 is 0 Å². The number of aromatic nitrogens is 3. The maximum Gasteiger partial charge on any atom is 0.352 e. The number of nitrogens with zero attached hydrogens (tertiary/aromatic N) is 5. The molecule has 1 saturated heterocycles. The van der Waals surface area contributed by atoms with Crippen molar-refractivity contribution in [1.29, 1.82) is 0 Å². The van der Waals surface area contributed by atoms with Gasteiger partial charge in [0.2, 0.25) is 0 Å². The average molecular weight is 574 g/mol. The zero-order chi connectivity index (χ0) is 26.8. The van der Waals surface area contributed by atoms with Crippen molar-refractivity contribution in [3.8, 4) is 0 Å². The van der Waals surface area contributed by atoms with Gasteiger partial charge in [0.25, 0.3) is 11.8 Å². The van der Waals surface area contributed by atoms with Gasteiger partial charge in [-0.05, 0) is 0 Å². The molecule has 5 rings (SSSR count). The van der Waals surface area contributed by atoms with Gasteiger partial charge in [-0.2, -0.15) is 0 Å². The van der Waals surface area contributed by atoms with Crippen molar-refractivity contribution in [3.05, 3.63) is 64.0 Å². The third-order valence-electron chi connectivity index (χ3n) is 5.60. The minimum absolute atomic E-state index is 0.0340. The number of β-lactam (4-membered cyclic amide) rings is 1. The van der Waals surface area contributed by atoms with Crippen LogP contribution in [-0.4, -0.2) is 60.6 Å². The number of thioether (sulfide) groups is 1. The number of oxime groups is 1. The lowest BCUT2D eigenvalue weighted by Gasteiger charge is -2.49. The second-order valence-corrected chi connectivity index (χ2v) is 11.0. The molecule has 38 heavy (non-hydrogen) atoms. The second-order valence-electron chi connectivity index (χ2n) is 8.13. The van der Waals surface area contributed by atoms with Gasteiger partial charge in [0.15, 0.2) is 41.5 Å². The number of rotatable bonds is 9. The summed E-state index contributed by atoms with van der Waals surface area (Å²) in [5.41, 5.74) is 12.4. The molecule has 3 aromatic rings. The van der Waals surface area contributed by atoms with Crippen LogP contribution in [0.5, 0.6) is 0 Å². The molecular weight excluding hydrogens is 552 g/mol. The Balaban J connectivity index is 1.32. The normalized spacial score (nSPS) is 19.1. The van der Waals surface area contributed by atoms with Crippen LogP contribution in [0.15, 0.2) is 57.8 Å². The fraction of sp³-hybridized carbons (Fsp3) is 0.227. The van der Waals surface area contributed by atoms with E-state index in [9.17, 15) is 19.5 Å². The summed E-state index contributed by atoms with van der Waals surface area (Å²) in [5, 5.41) is 19.8. The number of carboxylic acid groups (broad SMARTS) is 1. The van der Waals surface area contributed by atoms with Crippen molar-refractivity contribution in [2.24, 2.45) is 5.16 Å². The molecule has 2 aliphatic heterocycles. The van der Waals surface area contributed by atoms with Gasteiger partial charge in [-0.1, -0.05) is 11.2 Å². The molecule has 1 unspecified atom stereocenters. The molecule has 5 heterocycles. The highest BCUT2D eigenvalue weighted by atomic mass is 32.2.